The molecule has 90 valence electrons. The minimum Gasteiger partial charge on any atom is -0.396 e. The molecule has 1 aliphatic heterocycles. The van der Waals surface area contributed by atoms with Gasteiger partial charge in [0.1, 0.15) is 0 Å². The number of aliphatic hydroxyl groups excluding tert-OH is 1. The van der Waals surface area contributed by atoms with E-state index in [-0.39, 0.29) is 29.9 Å². The molecule has 16 heavy (non-hydrogen) atoms. The van der Waals surface area contributed by atoms with E-state index in [0.29, 0.717) is 19.4 Å². The molecule has 2 aliphatic rings. The smallest absolute Gasteiger partial charge is 0.225 e. The van der Waals surface area contributed by atoms with Crippen molar-refractivity contribution in [3.8, 4) is 0 Å². The monoisotopic (exact) mass is 226 g/mol. The van der Waals surface area contributed by atoms with Crippen molar-refractivity contribution in [3.63, 3.8) is 0 Å². The van der Waals surface area contributed by atoms with Crippen molar-refractivity contribution in [3.05, 3.63) is 0 Å². The van der Waals surface area contributed by atoms with E-state index in [9.17, 15) is 9.59 Å². The number of carbonyl (C=O) groups is 2. The predicted octanol–water partition coefficient (Wildman–Crippen LogP) is -0.504. The number of rotatable bonds is 4. The van der Waals surface area contributed by atoms with Gasteiger partial charge in [0.05, 0.1) is 5.92 Å². The lowest BCUT2D eigenvalue weighted by atomic mass is 10.1. The highest BCUT2D eigenvalue weighted by molar-refractivity contribution is 5.89. The fraction of sp³-hybridized carbons (Fsp3) is 0.818. The summed E-state index contributed by atoms with van der Waals surface area (Å²) < 4.78 is 0. The zero-order valence-electron chi connectivity index (χ0n) is 9.53. The van der Waals surface area contributed by atoms with Crippen LogP contribution in [0.1, 0.15) is 25.7 Å². The molecule has 1 saturated heterocycles. The van der Waals surface area contributed by atoms with E-state index in [1.165, 1.54) is 0 Å². The van der Waals surface area contributed by atoms with Crippen LogP contribution in [0.15, 0.2) is 0 Å². The quantitative estimate of drug-likeness (QED) is 0.678. The van der Waals surface area contributed by atoms with Gasteiger partial charge in [-0.25, -0.2) is 0 Å². The molecule has 0 radical (unpaired) electrons. The highest BCUT2D eigenvalue weighted by Crippen LogP contribution is 2.38. The summed E-state index contributed by atoms with van der Waals surface area (Å²) in [6.07, 6.45) is 2.82. The van der Waals surface area contributed by atoms with Crippen molar-refractivity contribution in [1.82, 2.24) is 10.2 Å². The summed E-state index contributed by atoms with van der Waals surface area (Å²) in [6, 6.07) is 0. The number of hydrogen-bond donors (Lipinski definition) is 2. The predicted molar refractivity (Wildman–Crippen MR) is 57.6 cm³/mol. The van der Waals surface area contributed by atoms with Crippen molar-refractivity contribution >= 4 is 11.8 Å². The van der Waals surface area contributed by atoms with E-state index < -0.39 is 0 Å². The number of likely N-dealkylation sites (tertiary alicyclic amines) is 1. The third kappa shape index (κ3) is 2.19. The molecule has 2 fully saturated rings. The van der Waals surface area contributed by atoms with Crippen LogP contribution in [0, 0.1) is 5.92 Å². The molecule has 2 rings (SSSR count). The van der Waals surface area contributed by atoms with Crippen molar-refractivity contribution < 1.29 is 14.7 Å². The Morgan fingerprint density at radius 1 is 1.62 bits per heavy atom. The highest BCUT2D eigenvalue weighted by Gasteiger charge is 2.45. The summed E-state index contributed by atoms with van der Waals surface area (Å²) in [4.78, 5) is 24.8. The Hall–Kier alpha value is -1.10. The molecule has 5 nitrogen and oxygen atoms in total. The van der Waals surface area contributed by atoms with Crippen LogP contribution >= 0.6 is 0 Å². The second-order valence-electron chi connectivity index (χ2n) is 4.92. The molecular weight excluding hydrogens is 208 g/mol. The molecule has 1 heterocycles. The zero-order valence-corrected chi connectivity index (χ0v) is 9.53. The van der Waals surface area contributed by atoms with Gasteiger partial charge < -0.3 is 15.3 Å². The first-order valence-electron chi connectivity index (χ1n) is 5.73. The normalized spacial score (nSPS) is 27.0. The highest BCUT2D eigenvalue weighted by atomic mass is 16.3. The summed E-state index contributed by atoms with van der Waals surface area (Å²) in [5, 5.41) is 11.9. The number of carbonyl (C=O) groups excluding carboxylic acids is 2. The maximum absolute atomic E-state index is 11.9. The Bertz CT molecular complexity index is 312. The number of nitrogens with zero attached hydrogens (tertiary/aromatic N) is 1. The number of aliphatic hydroxyl groups is 1. The van der Waals surface area contributed by atoms with Crippen LogP contribution in [0.5, 0.6) is 0 Å². The fourth-order valence-corrected chi connectivity index (χ4v) is 2.20. The average Bonchev–Trinajstić information content (AvgIpc) is 2.88. The summed E-state index contributed by atoms with van der Waals surface area (Å²) >= 11 is 0. The van der Waals surface area contributed by atoms with E-state index in [4.69, 9.17) is 5.11 Å². The van der Waals surface area contributed by atoms with Crippen molar-refractivity contribution in [2.45, 2.75) is 31.2 Å². The van der Waals surface area contributed by atoms with Gasteiger partial charge in [-0.05, 0) is 19.3 Å². The number of amides is 2. The van der Waals surface area contributed by atoms with Gasteiger partial charge in [-0.15, -0.1) is 0 Å². The molecule has 0 spiro atoms. The van der Waals surface area contributed by atoms with Crippen LogP contribution in [-0.2, 0) is 9.59 Å². The van der Waals surface area contributed by atoms with Gasteiger partial charge in [-0.2, -0.15) is 0 Å². The van der Waals surface area contributed by atoms with E-state index >= 15 is 0 Å². The first kappa shape index (κ1) is 11.4. The molecule has 5 heteroatoms. The molecule has 1 aliphatic carbocycles. The Kier molecular flexibility index (Phi) is 2.88. The minimum absolute atomic E-state index is 0.0344. The standard InChI is InChI=1S/C11H18N2O3/c1-13-7-8(6-9(13)15)10(16)12-11(2-3-11)4-5-14/h8,14H,2-7H2,1H3,(H,12,16). The molecule has 0 aromatic heterocycles. The Morgan fingerprint density at radius 2 is 2.31 bits per heavy atom. The maximum Gasteiger partial charge on any atom is 0.225 e. The van der Waals surface area contributed by atoms with E-state index in [0.717, 1.165) is 12.8 Å². The van der Waals surface area contributed by atoms with Crippen LogP contribution in [0.2, 0.25) is 0 Å². The van der Waals surface area contributed by atoms with Gasteiger partial charge in [-0.1, -0.05) is 0 Å². The Balaban J connectivity index is 1.87. The minimum atomic E-state index is -0.214. The third-order valence-corrected chi connectivity index (χ3v) is 3.54. The molecule has 1 atom stereocenters. The Labute approximate surface area is 94.8 Å². The zero-order chi connectivity index (χ0) is 11.8. The lowest BCUT2D eigenvalue weighted by Gasteiger charge is -2.18. The SMILES string of the molecule is CN1CC(C(=O)NC2(CCO)CC2)CC1=O. The van der Waals surface area contributed by atoms with Gasteiger partial charge >= 0.3 is 0 Å². The maximum atomic E-state index is 11.9. The lowest BCUT2D eigenvalue weighted by Crippen LogP contribution is -2.41. The summed E-state index contributed by atoms with van der Waals surface area (Å²) in [6.45, 7) is 0.615. The molecule has 2 N–H and O–H groups in total. The van der Waals surface area contributed by atoms with Gasteiger partial charge in [0.15, 0.2) is 0 Å². The topological polar surface area (TPSA) is 69.6 Å². The average molecular weight is 226 g/mol. The summed E-state index contributed by atoms with van der Waals surface area (Å²) in [5.41, 5.74) is -0.171. The largest absolute Gasteiger partial charge is 0.396 e. The first-order chi connectivity index (χ1) is 7.56. The first-order valence-corrected chi connectivity index (χ1v) is 5.73. The van der Waals surface area contributed by atoms with Crippen LogP contribution in [0.4, 0.5) is 0 Å². The molecule has 0 aromatic rings. The molecule has 0 aromatic carbocycles. The van der Waals surface area contributed by atoms with Crippen LogP contribution < -0.4 is 5.32 Å². The van der Waals surface area contributed by atoms with Crippen LogP contribution in [0.25, 0.3) is 0 Å². The van der Waals surface area contributed by atoms with Gasteiger partial charge in [0.25, 0.3) is 0 Å². The second kappa shape index (κ2) is 4.05. The molecule has 2 amide bonds. The lowest BCUT2D eigenvalue weighted by molar-refractivity contribution is -0.128. The fourth-order valence-electron chi connectivity index (χ4n) is 2.20. The molecule has 0 bridgehead atoms. The van der Waals surface area contributed by atoms with Crippen LogP contribution in [0.3, 0.4) is 0 Å². The van der Waals surface area contributed by atoms with Crippen molar-refractivity contribution in [2.75, 3.05) is 20.2 Å². The van der Waals surface area contributed by atoms with E-state index in [1.807, 2.05) is 0 Å². The van der Waals surface area contributed by atoms with Crippen molar-refractivity contribution in [1.29, 1.82) is 0 Å². The van der Waals surface area contributed by atoms with Gasteiger partial charge in [-0.3, -0.25) is 9.59 Å². The van der Waals surface area contributed by atoms with E-state index in [1.54, 1.807) is 11.9 Å². The molecule has 1 unspecified atom stereocenters. The van der Waals surface area contributed by atoms with Gasteiger partial charge in [0, 0.05) is 32.2 Å². The summed E-state index contributed by atoms with van der Waals surface area (Å²) in [5.74, 6) is -0.218. The van der Waals surface area contributed by atoms with Crippen molar-refractivity contribution in [2.24, 2.45) is 5.92 Å². The van der Waals surface area contributed by atoms with Gasteiger partial charge in [0.2, 0.25) is 11.8 Å². The summed E-state index contributed by atoms with van der Waals surface area (Å²) in [7, 11) is 1.72. The molecule has 1 saturated carbocycles. The van der Waals surface area contributed by atoms with Crippen LogP contribution in [-0.4, -0.2) is 47.6 Å². The molecular formula is C11H18N2O3. The number of hydrogen-bond acceptors (Lipinski definition) is 3. The third-order valence-electron chi connectivity index (χ3n) is 3.54. The second-order valence-corrected chi connectivity index (χ2v) is 4.92. The number of nitrogens with one attached hydrogen (secondary N) is 1. The van der Waals surface area contributed by atoms with E-state index in [2.05, 4.69) is 5.32 Å². The Morgan fingerprint density at radius 3 is 2.75 bits per heavy atom.